The molecule has 14 heavy (non-hydrogen) atoms. The molecule has 0 radical (unpaired) electrons. The van der Waals surface area contributed by atoms with Crippen LogP contribution in [0.5, 0.6) is 0 Å². The van der Waals surface area contributed by atoms with Crippen LogP contribution in [0.2, 0.25) is 0 Å². The lowest BCUT2D eigenvalue weighted by Gasteiger charge is -2.30. The predicted octanol–water partition coefficient (Wildman–Crippen LogP) is 1.80. The molecule has 0 amide bonds. The van der Waals surface area contributed by atoms with Crippen molar-refractivity contribution in [3.05, 3.63) is 12.2 Å². The Morgan fingerprint density at radius 3 is 2.29 bits per heavy atom. The molecule has 82 valence electrons. The Hall–Kier alpha value is -0.830. The van der Waals surface area contributed by atoms with Gasteiger partial charge in [0, 0.05) is 11.5 Å². The first-order valence-electron chi connectivity index (χ1n) is 4.89. The third kappa shape index (κ3) is 5.75. The Kier molecular flexibility index (Phi) is 4.85. The average Bonchev–Trinajstić information content (AvgIpc) is 1.97. The third-order valence-corrected chi connectivity index (χ3v) is 1.75. The largest absolute Gasteiger partial charge is 0.412 e. The molecule has 0 aromatic carbocycles. The van der Waals surface area contributed by atoms with Gasteiger partial charge in [-0.25, -0.2) is 4.79 Å². The molecule has 0 aliphatic heterocycles. The predicted molar refractivity (Wildman–Crippen MR) is 57.6 cm³/mol. The standard InChI is InChI=1S/C11H22NO2/c1-9(2)7-12(5,6)8-14-11(13)10(3)4/h9H,3,7-8H2,1-2,4-6H3/q+1. The molecule has 0 heterocycles. The van der Waals surface area contributed by atoms with E-state index in [0.717, 1.165) is 6.54 Å². The summed E-state index contributed by atoms with van der Waals surface area (Å²) in [6.07, 6.45) is 0. The summed E-state index contributed by atoms with van der Waals surface area (Å²) in [6, 6.07) is 0. The summed E-state index contributed by atoms with van der Waals surface area (Å²) in [5, 5.41) is 0. The lowest BCUT2D eigenvalue weighted by molar-refractivity contribution is -0.909. The van der Waals surface area contributed by atoms with Crippen molar-refractivity contribution < 1.29 is 14.0 Å². The van der Waals surface area contributed by atoms with Crippen molar-refractivity contribution in [2.24, 2.45) is 5.92 Å². The van der Waals surface area contributed by atoms with E-state index in [1.165, 1.54) is 0 Å². The van der Waals surface area contributed by atoms with Crippen LogP contribution in [0.3, 0.4) is 0 Å². The molecule has 0 aliphatic carbocycles. The van der Waals surface area contributed by atoms with Crippen LogP contribution < -0.4 is 0 Å². The maximum Gasteiger partial charge on any atom is 0.337 e. The van der Waals surface area contributed by atoms with Crippen molar-refractivity contribution in [1.82, 2.24) is 0 Å². The van der Waals surface area contributed by atoms with Crippen molar-refractivity contribution in [3.63, 3.8) is 0 Å². The van der Waals surface area contributed by atoms with Crippen LogP contribution in [0, 0.1) is 5.92 Å². The highest BCUT2D eigenvalue weighted by Crippen LogP contribution is 2.05. The molecule has 0 saturated heterocycles. The number of hydrogen-bond donors (Lipinski definition) is 0. The molecule has 0 aromatic heterocycles. The number of ether oxygens (including phenoxy) is 1. The fourth-order valence-electron chi connectivity index (χ4n) is 1.40. The van der Waals surface area contributed by atoms with E-state index < -0.39 is 0 Å². The smallest absolute Gasteiger partial charge is 0.337 e. The fraction of sp³-hybridized carbons (Fsp3) is 0.727. The van der Waals surface area contributed by atoms with Crippen LogP contribution in [0.1, 0.15) is 20.8 Å². The van der Waals surface area contributed by atoms with Gasteiger partial charge in [0.2, 0.25) is 6.73 Å². The number of nitrogens with zero attached hydrogens (tertiary/aromatic N) is 1. The summed E-state index contributed by atoms with van der Waals surface area (Å²) < 4.78 is 5.79. The molecule has 0 unspecified atom stereocenters. The van der Waals surface area contributed by atoms with Crippen LogP contribution in [0.25, 0.3) is 0 Å². The van der Waals surface area contributed by atoms with Crippen molar-refractivity contribution in [3.8, 4) is 0 Å². The Morgan fingerprint density at radius 2 is 1.93 bits per heavy atom. The van der Waals surface area contributed by atoms with Gasteiger partial charge < -0.3 is 4.74 Å². The first-order chi connectivity index (χ1) is 6.24. The minimum atomic E-state index is -0.306. The molecular weight excluding hydrogens is 178 g/mol. The van der Waals surface area contributed by atoms with E-state index in [9.17, 15) is 4.79 Å². The molecule has 0 saturated carbocycles. The number of esters is 1. The van der Waals surface area contributed by atoms with Crippen LogP contribution in [-0.2, 0) is 9.53 Å². The monoisotopic (exact) mass is 200 g/mol. The molecule has 0 fully saturated rings. The highest BCUT2D eigenvalue weighted by atomic mass is 16.5. The number of carbonyl (C=O) groups is 1. The Balaban J connectivity index is 3.98. The molecule has 0 aromatic rings. The van der Waals surface area contributed by atoms with Gasteiger partial charge in [-0.05, 0) is 6.92 Å². The topological polar surface area (TPSA) is 26.3 Å². The molecule has 0 rings (SSSR count). The van der Waals surface area contributed by atoms with Gasteiger partial charge >= 0.3 is 5.97 Å². The molecule has 0 N–H and O–H groups in total. The van der Waals surface area contributed by atoms with E-state index in [4.69, 9.17) is 4.74 Å². The summed E-state index contributed by atoms with van der Waals surface area (Å²) in [7, 11) is 4.09. The quantitative estimate of drug-likeness (QED) is 0.293. The number of rotatable bonds is 5. The van der Waals surface area contributed by atoms with E-state index in [-0.39, 0.29) is 5.97 Å². The summed E-state index contributed by atoms with van der Waals surface area (Å²) in [5.74, 6) is 0.286. The molecule has 3 heteroatoms. The summed E-state index contributed by atoms with van der Waals surface area (Å²) >= 11 is 0. The number of quaternary nitrogens is 1. The molecule has 0 aliphatic rings. The highest BCUT2D eigenvalue weighted by Gasteiger charge is 2.19. The van der Waals surface area contributed by atoms with Crippen LogP contribution in [-0.4, -0.2) is 37.8 Å². The minimum Gasteiger partial charge on any atom is -0.412 e. The molecule has 0 bridgehead atoms. The van der Waals surface area contributed by atoms with Gasteiger partial charge in [0.15, 0.2) is 0 Å². The summed E-state index contributed by atoms with van der Waals surface area (Å²) in [5.41, 5.74) is 0.453. The highest BCUT2D eigenvalue weighted by molar-refractivity contribution is 5.86. The maximum atomic E-state index is 11.1. The molecule has 0 spiro atoms. The van der Waals surface area contributed by atoms with E-state index in [1.807, 2.05) is 14.1 Å². The number of hydrogen-bond acceptors (Lipinski definition) is 2. The maximum absolute atomic E-state index is 11.1. The van der Waals surface area contributed by atoms with Gasteiger partial charge in [-0.2, -0.15) is 0 Å². The summed E-state index contributed by atoms with van der Waals surface area (Å²) in [6.45, 7) is 10.9. The van der Waals surface area contributed by atoms with Crippen molar-refractivity contribution in [2.45, 2.75) is 20.8 Å². The Bertz CT molecular complexity index is 219. The zero-order valence-electron chi connectivity index (χ0n) is 9.96. The van der Waals surface area contributed by atoms with Gasteiger partial charge in [-0.1, -0.05) is 20.4 Å². The zero-order chi connectivity index (χ0) is 11.4. The third-order valence-electron chi connectivity index (χ3n) is 1.75. The first-order valence-corrected chi connectivity index (χ1v) is 4.89. The first kappa shape index (κ1) is 13.2. The van der Waals surface area contributed by atoms with Gasteiger partial charge in [-0.15, -0.1) is 0 Å². The minimum absolute atomic E-state index is 0.306. The normalized spacial score (nSPS) is 11.6. The van der Waals surface area contributed by atoms with Gasteiger partial charge in [0.1, 0.15) is 0 Å². The Morgan fingerprint density at radius 1 is 1.43 bits per heavy atom. The van der Waals surface area contributed by atoms with Crippen molar-refractivity contribution in [1.29, 1.82) is 0 Å². The second-order valence-electron chi connectivity index (χ2n) is 4.85. The van der Waals surface area contributed by atoms with Crippen molar-refractivity contribution in [2.75, 3.05) is 27.4 Å². The zero-order valence-corrected chi connectivity index (χ0v) is 9.96. The molecule has 0 atom stereocenters. The van der Waals surface area contributed by atoms with E-state index in [2.05, 4.69) is 20.4 Å². The second kappa shape index (κ2) is 5.15. The molecular formula is C11H22NO2+. The van der Waals surface area contributed by atoms with Crippen molar-refractivity contribution >= 4 is 5.97 Å². The van der Waals surface area contributed by atoms with Crippen LogP contribution in [0.15, 0.2) is 12.2 Å². The lowest BCUT2D eigenvalue weighted by atomic mass is 10.2. The molecule has 3 nitrogen and oxygen atoms in total. The van der Waals surface area contributed by atoms with Gasteiger partial charge in [0.25, 0.3) is 0 Å². The van der Waals surface area contributed by atoms with Gasteiger partial charge in [0.05, 0.1) is 20.6 Å². The Labute approximate surface area is 86.9 Å². The fourth-order valence-corrected chi connectivity index (χ4v) is 1.40. The second-order valence-corrected chi connectivity index (χ2v) is 4.85. The van der Waals surface area contributed by atoms with E-state index in [1.54, 1.807) is 6.92 Å². The average molecular weight is 200 g/mol. The van der Waals surface area contributed by atoms with E-state index in [0.29, 0.717) is 22.7 Å². The van der Waals surface area contributed by atoms with Crippen LogP contribution >= 0.6 is 0 Å². The van der Waals surface area contributed by atoms with E-state index >= 15 is 0 Å². The van der Waals surface area contributed by atoms with Crippen LogP contribution in [0.4, 0.5) is 0 Å². The lowest BCUT2D eigenvalue weighted by Crippen LogP contribution is -2.44. The summed E-state index contributed by atoms with van der Waals surface area (Å²) in [4.78, 5) is 11.1. The van der Waals surface area contributed by atoms with Gasteiger partial charge in [-0.3, -0.25) is 4.48 Å². The SMILES string of the molecule is C=C(C)C(=O)OC[N+](C)(C)CC(C)C. The number of carbonyl (C=O) groups excluding carboxylic acids is 1.